The van der Waals surface area contributed by atoms with Gasteiger partial charge in [0, 0.05) is 17.9 Å². The maximum Gasteiger partial charge on any atom is 0.265 e. The van der Waals surface area contributed by atoms with Crippen molar-refractivity contribution in [2.24, 2.45) is 0 Å². The van der Waals surface area contributed by atoms with Crippen molar-refractivity contribution >= 4 is 34.4 Å². The number of benzene rings is 2. The molecule has 2 aromatic carbocycles. The van der Waals surface area contributed by atoms with Crippen LogP contribution in [-0.4, -0.2) is 31.0 Å². The fourth-order valence-electron chi connectivity index (χ4n) is 4.54. The van der Waals surface area contributed by atoms with Crippen LogP contribution in [0.4, 0.5) is 5.69 Å². The van der Waals surface area contributed by atoms with Gasteiger partial charge < -0.3 is 5.32 Å². The molecule has 0 bridgehead atoms. The van der Waals surface area contributed by atoms with Gasteiger partial charge in [-0.2, -0.15) is 5.10 Å². The minimum absolute atomic E-state index is 0.105. The Morgan fingerprint density at radius 1 is 1.12 bits per heavy atom. The predicted molar refractivity (Wildman–Crippen MR) is 132 cm³/mol. The maximum atomic E-state index is 13.4. The second-order valence-corrected chi connectivity index (χ2v) is 9.63. The first-order valence-corrected chi connectivity index (χ1v) is 11.9. The van der Waals surface area contributed by atoms with Crippen LogP contribution in [0.3, 0.4) is 0 Å². The van der Waals surface area contributed by atoms with Crippen molar-refractivity contribution in [3.63, 3.8) is 0 Å². The lowest BCUT2D eigenvalue weighted by atomic mass is 10.0. The number of nitrogens with one attached hydrogen (secondary N) is 1. The largest absolute Gasteiger partial charge is 0.326 e. The third-order valence-corrected chi connectivity index (χ3v) is 7.17. The van der Waals surface area contributed by atoms with E-state index in [2.05, 4.69) is 22.5 Å². The number of carbonyl (C=O) groups is 1. The fraction of sp³-hybridized carbons (Fsp3) is 0.280. The zero-order valence-electron chi connectivity index (χ0n) is 19.0. The van der Waals surface area contributed by atoms with Crippen molar-refractivity contribution in [1.29, 1.82) is 0 Å². The Morgan fingerprint density at radius 3 is 2.58 bits per heavy atom. The highest BCUT2D eigenvalue weighted by Crippen LogP contribution is 2.34. The standard InChI is InChI=1S/C25H25N5O2S/c1-14-9-16(3)22(17(4)10-14)27-21(31)11-18-13-33-25-28-23-19(24(32)29(18)25)12-26-30(23)20-8-6-5-7-15(20)2/h5-10,12,18H,11,13H2,1-4H3,(H,27,31). The van der Waals surface area contributed by atoms with Gasteiger partial charge in [-0.05, 0) is 50.5 Å². The molecule has 1 atom stereocenters. The summed E-state index contributed by atoms with van der Waals surface area (Å²) in [4.78, 5) is 31.0. The fourth-order valence-corrected chi connectivity index (χ4v) is 5.67. The zero-order valence-corrected chi connectivity index (χ0v) is 19.9. The molecule has 2 aromatic heterocycles. The number of aromatic nitrogens is 4. The Labute approximate surface area is 195 Å². The summed E-state index contributed by atoms with van der Waals surface area (Å²) in [6.45, 7) is 8.03. The average molecular weight is 460 g/mol. The molecule has 0 spiro atoms. The van der Waals surface area contributed by atoms with Crippen LogP contribution < -0.4 is 10.9 Å². The number of nitrogens with zero attached hydrogens (tertiary/aromatic N) is 4. The van der Waals surface area contributed by atoms with Gasteiger partial charge in [0.2, 0.25) is 5.91 Å². The van der Waals surface area contributed by atoms with Crippen LogP contribution in [0, 0.1) is 27.7 Å². The SMILES string of the molecule is Cc1cc(C)c(NC(=O)CC2CSc3nc4c(cnn4-c4ccccc4C)c(=O)n32)c(C)c1. The van der Waals surface area contributed by atoms with E-state index in [1.165, 1.54) is 11.8 Å². The van der Waals surface area contributed by atoms with Crippen molar-refractivity contribution in [1.82, 2.24) is 19.3 Å². The number of carbonyl (C=O) groups excluding carboxylic acids is 1. The maximum absolute atomic E-state index is 13.4. The minimum atomic E-state index is -0.248. The van der Waals surface area contributed by atoms with Crippen molar-refractivity contribution in [2.75, 3.05) is 11.1 Å². The van der Waals surface area contributed by atoms with E-state index in [9.17, 15) is 9.59 Å². The Hall–Kier alpha value is -3.39. The Morgan fingerprint density at radius 2 is 1.85 bits per heavy atom. The molecule has 1 aliphatic heterocycles. The van der Waals surface area contributed by atoms with E-state index >= 15 is 0 Å². The van der Waals surface area contributed by atoms with Gasteiger partial charge in [-0.25, -0.2) is 9.67 Å². The highest BCUT2D eigenvalue weighted by Gasteiger charge is 2.30. The van der Waals surface area contributed by atoms with E-state index < -0.39 is 0 Å². The van der Waals surface area contributed by atoms with Gasteiger partial charge >= 0.3 is 0 Å². The number of hydrogen-bond acceptors (Lipinski definition) is 5. The van der Waals surface area contributed by atoms with Crippen molar-refractivity contribution in [3.8, 4) is 5.69 Å². The molecule has 168 valence electrons. The van der Waals surface area contributed by atoms with Crippen LogP contribution in [0.15, 0.2) is 52.5 Å². The van der Waals surface area contributed by atoms with Crippen LogP contribution >= 0.6 is 11.8 Å². The molecule has 0 radical (unpaired) electrons. The molecule has 1 unspecified atom stereocenters. The second-order valence-electron chi connectivity index (χ2n) is 8.64. The molecule has 1 aliphatic rings. The number of para-hydroxylation sites is 1. The lowest BCUT2D eigenvalue weighted by Gasteiger charge is -2.16. The lowest BCUT2D eigenvalue weighted by molar-refractivity contribution is -0.116. The summed E-state index contributed by atoms with van der Waals surface area (Å²) in [6.07, 6.45) is 1.79. The molecule has 0 aliphatic carbocycles. The van der Waals surface area contributed by atoms with Crippen LogP contribution in [0.2, 0.25) is 0 Å². The number of amides is 1. The molecule has 0 saturated carbocycles. The molecule has 7 nitrogen and oxygen atoms in total. The summed E-state index contributed by atoms with van der Waals surface area (Å²) in [7, 11) is 0. The first kappa shape index (κ1) is 21.5. The molecule has 1 N–H and O–H groups in total. The number of hydrogen-bond donors (Lipinski definition) is 1. The van der Waals surface area contributed by atoms with E-state index in [1.54, 1.807) is 15.4 Å². The molecular formula is C25H25N5O2S. The van der Waals surface area contributed by atoms with E-state index in [4.69, 9.17) is 4.98 Å². The third-order valence-electron chi connectivity index (χ3n) is 6.08. The lowest BCUT2D eigenvalue weighted by Crippen LogP contribution is -2.28. The summed E-state index contributed by atoms with van der Waals surface area (Å²) in [5, 5.41) is 8.59. The first-order chi connectivity index (χ1) is 15.8. The van der Waals surface area contributed by atoms with Crippen LogP contribution in [0.1, 0.15) is 34.7 Å². The summed E-state index contributed by atoms with van der Waals surface area (Å²) < 4.78 is 3.38. The number of thioether (sulfide) groups is 1. The second kappa shape index (κ2) is 8.19. The molecule has 8 heteroatoms. The molecule has 0 fully saturated rings. The van der Waals surface area contributed by atoms with Gasteiger partial charge in [0.15, 0.2) is 10.8 Å². The molecular weight excluding hydrogens is 434 g/mol. The monoisotopic (exact) mass is 459 g/mol. The number of rotatable bonds is 4. The number of anilines is 1. The normalized spacial score (nSPS) is 15.1. The summed E-state index contributed by atoms with van der Waals surface area (Å²) in [6, 6.07) is 11.7. The Bertz CT molecular complexity index is 1450. The highest BCUT2D eigenvalue weighted by atomic mass is 32.2. The first-order valence-electron chi connectivity index (χ1n) is 10.9. The molecule has 4 aromatic rings. The Kier molecular flexibility index (Phi) is 5.32. The van der Waals surface area contributed by atoms with Gasteiger partial charge in [0.1, 0.15) is 5.39 Å². The van der Waals surface area contributed by atoms with Gasteiger partial charge in [0.05, 0.1) is 17.9 Å². The predicted octanol–water partition coefficient (Wildman–Crippen LogP) is 4.49. The topological polar surface area (TPSA) is 81.8 Å². The number of fused-ring (bicyclic) bond motifs is 2. The minimum Gasteiger partial charge on any atom is -0.326 e. The highest BCUT2D eigenvalue weighted by molar-refractivity contribution is 7.99. The summed E-state index contributed by atoms with van der Waals surface area (Å²) >= 11 is 1.50. The molecule has 1 amide bonds. The van der Waals surface area contributed by atoms with Crippen molar-refractivity contribution in [3.05, 3.63) is 75.2 Å². The Balaban J connectivity index is 1.46. The van der Waals surface area contributed by atoms with Crippen LogP contribution in [-0.2, 0) is 4.79 Å². The summed E-state index contributed by atoms with van der Waals surface area (Å²) in [5.41, 5.74) is 6.41. The van der Waals surface area contributed by atoms with E-state index in [1.807, 2.05) is 52.0 Å². The van der Waals surface area contributed by atoms with Gasteiger partial charge in [-0.1, -0.05) is 47.7 Å². The van der Waals surface area contributed by atoms with E-state index in [0.29, 0.717) is 21.9 Å². The van der Waals surface area contributed by atoms with Crippen molar-refractivity contribution in [2.45, 2.75) is 45.3 Å². The number of aryl methyl sites for hydroxylation is 4. The smallest absolute Gasteiger partial charge is 0.265 e. The third kappa shape index (κ3) is 3.74. The van der Waals surface area contributed by atoms with Crippen LogP contribution in [0.25, 0.3) is 16.7 Å². The van der Waals surface area contributed by atoms with Gasteiger partial charge in [0.25, 0.3) is 5.56 Å². The van der Waals surface area contributed by atoms with E-state index in [-0.39, 0.29) is 23.9 Å². The van der Waals surface area contributed by atoms with Crippen molar-refractivity contribution < 1.29 is 4.79 Å². The molecule has 33 heavy (non-hydrogen) atoms. The molecule has 5 rings (SSSR count). The van der Waals surface area contributed by atoms with Gasteiger partial charge in [-0.3, -0.25) is 14.2 Å². The van der Waals surface area contributed by atoms with Gasteiger partial charge in [-0.15, -0.1) is 0 Å². The zero-order chi connectivity index (χ0) is 23.3. The van der Waals surface area contributed by atoms with Crippen LogP contribution in [0.5, 0.6) is 0 Å². The van der Waals surface area contributed by atoms with E-state index in [0.717, 1.165) is 33.6 Å². The molecule has 0 saturated heterocycles. The molecule has 3 heterocycles. The summed E-state index contributed by atoms with van der Waals surface area (Å²) in [5.74, 6) is 0.525. The average Bonchev–Trinajstić information content (AvgIpc) is 3.36. The quantitative estimate of drug-likeness (QED) is 0.455.